The van der Waals surface area contributed by atoms with Crippen molar-refractivity contribution in [3.8, 4) is 0 Å². The Morgan fingerprint density at radius 3 is 2.86 bits per heavy atom. The predicted molar refractivity (Wildman–Crippen MR) is 90.1 cm³/mol. The molecular weight excluding hydrogens is 280 g/mol. The van der Waals surface area contributed by atoms with E-state index in [0.717, 1.165) is 29.8 Å². The van der Waals surface area contributed by atoms with Gasteiger partial charge in [-0.2, -0.15) is 11.8 Å². The summed E-state index contributed by atoms with van der Waals surface area (Å²) in [7, 11) is 0. The van der Waals surface area contributed by atoms with Gasteiger partial charge in [0.05, 0.1) is 0 Å². The molecule has 0 spiro atoms. The molecule has 1 unspecified atom stereocenters. The third-order valence-electron chi connectivity index (χ3n) is 4.50. The lowest BCUT2D eigenvalue weighted by molar-refractivity contribution is 0.0951. The summed E-state index contributed by atoms with van der Waals surface area (Å²) < 4.78 is 0. The lowest BCUT2D eigenvalue weighted by Crippen LogP contribution is -2.41. The van der Waals surface area contributed by atoms with Crippen LogP contribution in [0.3, 0.4) is 0 Å². The second kappa shape index (κ2) is 5.91. The van der Waals surface area contributed by atoms with Gasteiger partial charge in [0.25, 0.3) is 5.91 Å². The van der Waals surface area contributed by atoms with Crippen molar-refractivity contribution in [2.45, 2.75) is 45.2 Å². The lowest BCUT2D eigenvalue weighted by Gasteiger charge is -2.39. The summed E-state index contributed by atoms with van der Waals surface area (Å²) in [6.45, 7) is 4.65. The quantitative estimate of drug-likeness (QED) is 0.894. The molecule has 1 aliphatic heterocycles. The molecule has 0 aromatic heterocycles. The normalized spacial score (nSPS) is 24.4. The zero-order valence-electron chi connectivity index (χ0n) is 12.8. The van der Waals surface area contributed by atoms with Gasteiger partial charge >= 0.3 is 0 Å². The first kappa shape index (κ1) is 14.8. The molecule has 2 fully saturated rings. The number of amides is 1. The van der Waals surface area contributed by atoms with Gasteiger partial charge in [-0.3, -0.25) is 4.79 Å². The summed E-state index contributed by atoms with van der Waals surface area (Å²) in [6.07, 6.45) is 3.48. The van der Waals surface area contributed by atoms with E-state index in [9.17, 15) is 4.79 Å². The number of hydrogen-bond donors (Lipinski definition) is 2. The van der Waals surface area contributed by atoms with Gasteiger partial charge < -0.3 is 10.6 Å². The van der Waals surface area contributed by atoms with Crippen molar-refractivity contribution in [1.29, 1.82) is 0 Å². The van der Waals surface area contributed by atoms with Crippen LogP contribution in [-0.4, -0.2) is 29.5 Å². The minimum atomic E-state index is 0.0541. The molecule has 0 bridgehead atoms. The second-order valence-corrected chi connectivity index (χ2v) is 7.99. The van der Waals surface area contributed by atoms with E-state index >= 15 is 0 Å². The van der Waals surface area contributed by atoms with Gasteiger partial charge in [-0.25, -0.2) is 0 Å². The molecule has 1 aliphatic carbocycles. The molecule has 1 saturated carbocycles. The monoisotopic (exact) mass is 304 g/mol. The van der Waals surface area contributed by atoms with E-state index in [-0.39, 0.29) is 5.91 Å². The van der Waals surface area contributed by atoms with E-state index in [4.69, 9.17) is 0 Å². The molecule has 1 heterocycles. The van der Waals surface area contributed by atoms with Gasteiger partial charge in [0.2, 0.25) is 0 Å². The van der Waals surface area contributed by atoms with Crippen molar-refractivity contribution in [2.24, 2.45) is 5.41 Å². The first-order valence-electron chi connectivity index (χ1n) is 7.80. The summed E-state index contributed by atoms with van der Waals surface area (Å²) in [5.74, 6) is 2.43. The number of carbonyl (C=O) groups excluding carboxylic acids is 1. The van der Waals surface area contributed by atoms with E-state index in [1.807, 2.05) is 30.0 Å². The lowest BCUT2D eigenvalue weighted by atomic mass is 9.82. The summed E-state index contributed by atoms with van der Waals surface area (Å²) >= 11 is 2.01. The number of hydrogen-bond acceptors (Lipinski definition) is 3. The van der Waals surface area contributed by atoms with Crippen molar-refractivity contribution in [2.75, 3.05) is 16.8 Å². The van der Waals surface area contributed by atoms with Crippen molar-refractivity contribution >= 4 is 23.4 Å². The smallest absolute Gasteiger partial charge is 0.251 e. The Bertz CT molecular complexity index is 525. The van der Waals surface area contributed by atoms with Gasteiger partial charge in [-0.15, -0.1) is 0 Å². The molecule has 1 aromatic rings. The summed E-state index contributed by atoms with van der Waals surface area (Å²) in [5.41, 5.74) is 2.12. The van der Waals surface area contributed by atoms with Crippen LogP contribution in [0.25, 0.3) is 0 Å². The first-order chi connectivity index (χ1) is 10.0. The molecule has 1 aromatic carbocycles. The molecule has 1 amide bonds. The van der Waals surface area contributed by atoms with Crippen LogP contribution in [-0.2, 0) is 0 Å². The van der Waals surface area contributed by atoms with E-state index in [0.29, 0.717) is 17.5 Å². The average Bonchev–Trinajstić information content (AvgIpc) is 3.25. The van der Waals surface area contributed by atoms with Crippen LogP contribution < -0.4 is 10.6 Å². The van der Waals surface area contributed by atoms with Crippen LogP contribution in [0.4, 0.5) is 5.69 Å². The predicted octanol–water partition coefficient (Wildman–Crippen LogP) is 3.52. The molecular formula is C17H24N2OS. The summed E-state index contributed by atoms with van der Waals surface area (Å²) in [6, 6.07) is 8.76. The van der Waals surface area contributed by atoms with Crippen molar-refractivity contribution in [1.82, 2.24) is 5.32 Å². The summed E-state index contributed by atoms with van der Waals surface area (Å²) in [5, 5.41) is 6.68. The summed E-state index contributed by atoms with van der Waals surface area (Å²) in [4.78, 5) is 12.1. The highest BCUT2D eigenvalue weighted by Crippen LogP contribution is 2.36. The fraction of sp³-hybridized carbons (Fsp3) is 0.588. The fourth-order valence-electron chi connectivity index (χ4n) is 2.62. The average molecular weight is 304 g/mol. The number of carbonyl (C=O) groups is 1. The van der Waals surface area contributed by atoms with Crippen LogP contribution in [0, 0.1) is 5.41 Å². The number of rotatable bonds is 4. The molecule has 4 heteroatoms. The highest BCUT2D eigenvalue weighted by atomic mass is 32.2. The SMILES string of the molecule is CC1(C)CCSCC1Nc1cccc(C(=O)NC2CC2)c1. The Morgan fingerprint density at radius 2 is 2.14 bits per heavy atom. The van der Waals surface area contributed by atoms with E-state index < -0.39 is 0 Å². The van der Waals surface area contributed by atoms with Crippen molar-refractivity contribution in [3.05, 3.63) is 29.8 Å². The number of thioether (sulfide) groups is 1. The molecule has 21 heavy (non-hydrogen) atoms. The van der Waals surface area contributed by atoms with Gasteiger partial charge in [-0.1, -0.05) is 19.9 Å². The van der Waals surface area contributed by atoms with Crippen LogP contribution >= 0.6 is 11.8 Å². The third-order valence-corrected chi connectivity index (χ3v) is 5.56. The Balaban J connectivity index is 1.68. The van der Waals surface area contributed by atoms with Crippen LogP contribution in [0.15, 0.2) is 24.3 Å². The molecule has 114 valence electrons. The van der Waals surface area contributed by atoms with Gasteiger partial charge in [0.1, 0.15) is 0 Å². The third kappa shape index (κ3) is 3.73. The number of benzene rings is 1. The largest absolute Gasteiger partial charge is 0.381 e. The molecule has 0 radical (unpaired) electrons. The molecule has 2 aliphatic rings. The fourth-order valence-corrected chi connectivity index (χ4v) is 4.23. The minimum Gasteiger partial charge on any atom is -0.381 e. The van der Waals surface area contributed by atoms with Crippen LogP contribution in [0.5, 0.6) is 0 Å². The van der Waals surface area contributed by atoms with Crippen molar-refractivity contribution < 1.29 is 4.79 Å². The van der Waals surface area contributed by atoms with E-state index in [2.05, 4.69) is 30.5 Å². The molecule has 3 rings (SSSR count). The number of nitrogens with one attached hydrogen (secondary N) is 2. The second-order valence-electron chi connectivity index (χ2n) is 6.84. The maximum Gasteiger partial charge on any atom is 0.251 e. The number of anilines is 1. The highest BCUT2D eigenvalue weighted by molar-refractivity contribution is 7.99. The Hall–Kier alpha value is -1.16. The van der Waals surface area contributed by atoms with Gasteiger partial charge in [0.15, 0.2) is 0 Å². The van der Waals surface area contributed by atoms with Crippen molar-refractivity contribution in [3.63, 3.8) is 0 Å². The van der Waals surface area contributed by atoms with Gasteiger partial charge in [0, 0.05) is 29.1 Å². The zero-order chi connectivity index (χ0) is 14.9. The van der Waals surface area contributed by atoms with E-state index in [1.165, 1.54) is 12.2 Å². The van der Waals surface area contributed by atoms with Crippen LogP contribution in [0.1, 0.15) is 43.5 Å². The van der Waals surface area contributed by atoms with Gasteiger partial charge in [-0.05, 0) is 48.6 Å². The maximum absolute atomic E-state index is 12.1. The maximum atomic E-state index is 12.1. The molecule has 1 atom stereocenters. The zero-order valence-corrected chi connectivity index (χ0v) is 13.6. The molecule has 2 N–H and O–H groups in total. The Morgan fingerprint density at radius 1 is 1.33 bits per heavy atom. The Labute approximate surface area is 131 Å². The Kier molecular flexibility index (Phi) is 4.16. The first-order valence-corrected chi connectivity index (χ1v) is 8.95. The van der Waals surface area contributed by atoms with E-state index in [1.54, 1.807) is 0 Å². The standard InChI is InChI=1S/C17H24N2OS/c1-17(2)8-9-21-11-15(17)18-14-5-3-4-12(10-14)16(20)19-13-6-7-13/h3-5,10,13,15,18H,6-9,11H2,1-2H3,(H,19,20). The van der Waals surface area contributed by atoms with Crippen LogP contribution in [0.2, 0.25) is 0 Å². The topological polar surface area (TPSA) is 41.1 Å². The molecule has 3 nitrogen and oxygen atoms in total. The minimum absolute atomic E-state index is 0.0541. The highest BCUT2D eigenvalue weighted by Gasteiger charge is 2.32. The molecule has 1 saturated heterocycles.